The van der Waals surface area contributed by atoms with E-state index in [2.05, 4.69) is 10.3 Å². The highest BCUT2D eigenvalue weighted by Gasteiger charge is 2.20. The van der Waals surface area contributed by atoms with Crippen LogP contribution in [0.2, 0.25) is 0 Å². The molecule has 0 unspecified atom stereocenters. The van der Waals surface area contributed by atoms with Gasteiger partial charge >= 0.3 is 11.9 Å². The summed E-state index contributed by atoms with van der Waals surface area (Å²) in [5.74, 6) is -1.69. The number of hydrogen-bond acceptors (Lipinski definition) is 8. The summed E-state index contributed by atoms with van der Waals surface area (Å²) in [6, 6.07) is 6.43. The predicted molar refractivity (Wildman–Crippen MR) is 120 cm³/mol. The summed E-state index contributed by atoms with van der Waals surface area (Å²) in [5.41, 5.74) is 0.0980. The predicted octanol–water partition coefficient (Wildman–Crippen LogP) is 3.23. The average Bonchev–Trinajstić information content (AvgIpc) is 3.21. The van der Waals surface area contributed by atoms with Crippen LogP contribution in [0.3, 0.4) is 0 Å². The van der Waals surface area contributed by atoms with E-state index in [0.717, 1.165) is 28.7 Å². The summed E-state index contributed by atoms with van der Waals surface area (Å²) in [7, 11) is 0. The first kappa shape index (κ1) is 23.1. The first-order chi connectivity index (χ1) is 15.5. The van der Waals surface area contributed by atoms with Crippen molar-refractivity contribution in [2.75, 3.05) is 18.5 Å². The van der Waals surface area contributed by atoms with Gasteiger partial charge in [0.05, 0.1) is 41.7 Å². The van der Waals surface area contributed by atoms with Crippen LogP contribution in [-0.2, 0) is 20.8 Å². The fourth-order valence-electron chi connectivity index (χ4n) is 2.94. The van der Waals surface area contributed by atoms with Gasteiger partial charge < -0.3 is 14.8 Å². The van der Waals surface area contributed by atoms with Crippen molar-refractivity contribution in [3.05, 3.63) is 57.5 Å². The normalized spacial score (nSPS) is 10.7. The number of ether oxygens (including phenoxy) is 2. The smallest absolute Gasteiger partial charge is 0.340 e. The second-order valence-electron chi connectivity index (χ2n) is 6.81. The average molecular weight is 458 g/mol. The van der Waals surface area contributed by atoms with Crippen molar-refractivity contribution in [2.24, 2.45) is 0 Å². The van der Waals surface area contributed by atoms with Gasteiger partial charge in [-0.2, -0.15) is 0 Å². The van der Waals surface area contributed by atoms with E-state index in [0.29, 0.717) is 4.83 Å². The first-order valence-electron chi connectivity index (χ1n) is 10.2. The summed E-state index contributed by atoms with van der Waals surface area (Å²) in [6.07, 6.45) is 2.86. The van der Waals surface area contributed by atoms with Crippen LogP contribution >= 0.6 is 11.3 Å². The number of thiophene rings is 1. The van der Waals surface area contributed by atoms with Crippen LogP contribution in [0, 0.1) is 0 Å². The lowest BCUT2D eigenvalue weighted by Crippen LogP contribution is -2.28. The molecule has 0 radical (unpaired) electrons. The van der Waals surface area contributed by atoms with Crippen LogP contribution in [0.1, 0.15) is 47.4 Å². The van der Waals surface area contributed by atoms with Crippen molar-refractivity contribution in [1.82, 2.24) is 9.55 Å². The molecule has 0 saturated carbocycles. The molecule has 3 aromatic rings. The molecule has 10 heteroatoms. The Balaban J connectivity index is 1.81. The van der Waals surface area contributed by atoms with E-state index in [1.54, 1.807) is 25.1 Å². The molecule has 32 heavy (non-hydrogen) atoms. The van der Waals surface area contributed by atoms with Gasteiger partial charge in [-0.25, -0.2) is 14.6 Å². The molecule has 9 nitrogen and oxygen atoms in total. The van der Waals surface area contributed by atoms with Crippen molar-refractivity contribution < 1.29 is 23.9 Å². The molecule has 1 amide bonds. The molecule has 0 atom stereocenters. The van der Waals surface area contributed by atoms with Gasteiger partial charge in [0.1, 0.15) is 11.4 Å². The van der Waals surface area contributed by atoms with Gasteiger partial charge in [0, 0.05) is 5.38 Å². The van der Waals surface area contributed by atoms with E-state index in [1.807, 2.05) is 6.92 Å². The largest absolute Gasteiger partial charge is 0.462 e. The highest BCUT2D eigenvalue weighted by atomic mass is 32.1. The number of benzene rings is 1. The van der Waals surface area contributed by atoms with Crippen LogP contribution in [0.5, 0.6) is 0 Å². The third kappa shape index (κ3) is 5.20. The van der Waals surface area contributed by atoms with Crippen LogP contribution < -0.4 is 10.9 Å². The zero-order valence-corrected chi connectivity index (χ0v) is 18.6. The number of esters is 2. The first-order valence-corrected chi connectivity index (χ1v) is 11.0. The van der Waals surface area contributed by atoms with Gasteiger partial charge in [-0.1, -0.05) is 25.5 Å². The zero-order chi connectivity index (χ0) is 23.1. The van der Waals surface area contributed by atoms with Crippen LogP contribution in [0.4, 0.5) is 5.69 Å². The molecular formula is C22H23N3O6S. The summed E-state index contributed by atoms with van der Waals surface area (Å²) >= 11 is 1.16. The Morgan fingerprint density at radius 2 is 1.84 bits per heavy atom. The molecule has 0 aliphatic rings. The lowest BCUT2D eigenvalue weighted by molar-refractivity contribution is -0.116. The molecule has 2 aromatic heterocycles. The highest BCUT2D eigenvalue weighted by Crippen LogP contribution is 2.22. The highest BCUT2D eigenvalue weighted by molar-refractivity contribution is 7.17. The summed E-state index contributed by atoms with van der Waals surface area (Å²) < 4.78 is 11.3. The number of anilines is 1. The number of unbranched alkanes of at least 4 members (excludes halogenated alkanes) is 1. The topological polar surface area (TPSA) is 117 Å². The molecule has 1 aromatic carbocycles. The van der Waals surface area contributed by atoms with E-state index in [1.165, 1.54) is 17.8 Å². The van der Waals surface area contributed by atoms with E-state index in [-0.39, 0.29) is 42.0 Å². The third-order valence-corrected chi connectivity index (χ3v) is 5.41. The number of amides is 1. The Bertz CT molecular complexity index is 1200. The molecular weight excluding hydrogens is 434 g/mol. The third-order valence-electron chi connectivity index (χ3n) is 4.52. The molecule has 2 heterocycles. The van der Waals surface area contributed by atoms with Crippen molar-refractivity contribution in [3.63, 3.8) is 0 Å². The van der Waals surface area contributed by atoms with Crippen molar-refractivity contribution >= 4 is 45.1 Å². The van der Waals surface area contributed by atoms with Gasteiger partial charge in [-0.05, 0) is 25.5 Å². The van der Waals surface area contributed by atoms with Gasteiger partial charge in [-0.3, -0.25) is 14.2 Å². The fourth-order valence-corrected chi connectivity index (χ4v) is 3.81. The molecule has 3 rings (SSSR count). The standard InChI is InChI=1S/C22H23N3O6S/c1-3-5-10-31-22(29)15-12-32-19-18(15)20(27)25(13-23-19)11-17(26)24-16-9-7-6-8-14(16)21(28)30-4-2/h6-9,12-13H,3-5,10-11H2,1-2H3,(H,24,26). The number of nitrogens with zero attached hydrogens (tertiary/aromatic N) is 2. The minimum Gasteiger partial charge on any atom is -0.462 e. The molecule has 0 saturated heterocycles. The van der Waals surface area contributed by atoms with Crippen molar-refractivity contribution in [2.45, 2.75) is 33.2 Å². The SMILES string of the molecule is CCCCOC(=O)c1csc2ncn(CC(=O)Nc3ccccc3C(=O)OCC)c(=O)c12. The zero-order valence-electron chi connectivity index (χ0n) is 17.8. The van der Waals surface area contributed by atoms with Gasteiger partial charge in [0.25, 0.3) is 5.56 Å². The van der Waals surface area contributed by atoms with Crippen molar-refractivity contribution in [3.8, 4) is 0 Å². The minimum absolute atomic E-state index is 0.124. The molecule has 0 aliphatic heterocycles. The van der Waals surface area contributed by atoms with E-state index in [4.69, 9.17) is 9.47 Å². The molecule has 0 aliphatic carbocycles. The fraction of sp³-hybridized carbons (Fsp3) is 0.318. The second kappa shape index (κ2) is 10.7. The summed E-state index contributed by atoms with van der Waals surface area (Å²) in [4.78, 5) is 54.6. The molecule has 0 bridgehead atoms. The maximum atomic E-state index is 13.0. The van der Waals surface area contributed by atoms with E-state index in [9.17, 15) is 19.2 Å². The number of rotatable bonds is 9. The van der Waals surface area contributed by atoms with E-state index >= 15 is 0 Å². The Hall–Kier alpha value is -3.53. The number of hydrogen-bond donors (Lipinski definition) is 1. The van der Waals surface area contributed by atoms with Crippen LogP contribution in [0.25, 0.3) is 10.2 Å². The Kier molecular flexibility index (Phi) is 7.72. The minimum atomic E-state index is -0.589. The summed E-state index contributed by atoms with van der Waals surface area (Å²) in [5, 5.41) is 4.28. The number of fused-ring (bicyclic) bond motifs is 1. The number of nitrogens with one attached hydrogen (secondary N) is 1. The van der Waals surface area contributed by atoms with Crippen LogP contribution in [-0.4, -0.2) is 40.6 Å². The van der Waals surface area contributed by atoms with Gasteiger partial charge in [0.15, 0.2) is 0 Å². The van der Waals surface area contributed by atoms with Gasteiger partial charge in [-0.15, -0.1) is 11.3 Å². The number of para-hydroxylation sites is 1. The molecule has 168 valence electrons. The molecule has 0 fully saturated rings. The number of carbonyl (C=O) groups excluding carboxylic acids is 3. The molecule has 1 N–H and O–H groups in total. The van der Waals surface area contributed by atoms with E-state index < -0.39 is 23.4 Å². The molecule has 0 spiro atoms. The van der Waals surface area contributed by atoms with Gasteiger partial charge in [0.2, 0.25) is 5.91 Å². The Morgan fingerprint density at radius 1 is 1.09 bits per heavy atom. The lowest BCUT2D eigenvalue weighted by Gasteiger charge is -2.11. The van der Waals surface area contributed by atoms with Crippen LogP contribution in [0.15, 0.2) is 40.8 Å². The maximum absolute atomic E-state index is 13.0. The summed E-state index contributed by atoms with van der Waals surface area (Å²) in [6.45, 7) is 3.79. The quantitative estimate of drug-likeness (QED) is 0.387. The lowest BCUT2D eigenvalue weighted by atomic mass is 10.2. The maximum Gasteiger partial charge on any atom is 0.340 e. The van der Waals surface area contributed by atoms with Crippen molar-refractivity contribution in [1.29, 1.82) is 0 Å². The second-order valence-corrected chi connectivity index (χ2v) is 7.67. The number of aromatic nitrogens is 2. The monoisotopic (exact) mass is 457 g/mol. The number of carbonyl (C=O) groups is 3. The Labute approximate surface area is 188 Å². The Morgan fingerprint density at radius 3 is 2.59 bits per heavy atom.